The summed E-state index contributed by atoms with van der Waals surface area (Å²) in [6, 6.07) is 0. The molecule has 0 saturated carbocycles. The Labute approximate surface area is 126 Å². The van der Waals surface area contributed by atoms with Crippen LogP contribution in [0.2, 0.25) is 0 Å². The van der Waals surface area contributed by atoms with Gasteiger partial charge in [-0.2, -0.15) is 0 Å². The van der Waals surface area contributed by atoms with Crippen LogP contribution in [0.3, 0.4) is 0 Å². The van der Waals surface area contributed by atoms with Crippen LogP contribution in [0.4, 0.5) is 0 Å². The highest BCUT2D eigenvalue weighted by Crippen LogP contribution is 2.49. The largest absolute Gasteiger partial charge is 0.333 e. The Bertz CT molecular complexity index is 429. The minimum Gasteiger partial charge on any atom is -0.333 e. The fraction of sp³-hybridized carbons (Fsp3) is 0.474. The standard InChI is InChI=1S/C16H22.C2H6.CH5N/c1-8-11(3)10-15-13(5)12(4)14(9-2)16(15,6)7;2*1-2/h8-10H,2,5H2,1,3-4,6-7H3;1-2H3;2H2,1H3/b11-8-,15-10+;;. The second kappa shape index (κ2) is 9.55. The number of allylic oxidation sites excluding steroid dienone is 8. The molecule has 0 amide bonds. The van der Waals surface area contributed by atoms with Crippen LogP contribution < -0.4 is 5.73 Å². The molecule has 114 valence electrons. The summed E-state index contributed by atoms with van der Waals surface area (Å²) in [5, 5.41) is 0. The zero-order chi connectivity index (χ0) is 16.5. The van der Waals surface area contributed by atoms with E-state index in [-0.39, 0.29) is 5.41 Å². The van der Waals surface area contributed by atoms with E-state index in [1.165, 1.54) is 29.3 Å². The van der Waals surface area contributed by atoms with E-state index in [0.717, 1.165) is 5.57 Å². The van der Waals surface area contributed by atoms with Gasteiger partial charge in [-0.1, -0.05) is 64.7 Å². The van der Waals surface area contributed by atoms with Crippen molar-refractivity contribution >= 4 is 0 Å². The zero-order valence-electron chi connectivity index (χ0n) is 14.7. The predicted octanol–water partition coefficient (Wildman–Crippen LogP) is 5.58. The number of hydrogen-bond acceptors (Lipinski definition) is 1. The number of nitrogens with two attached hydrogens (primary N) is 1. The SMILES string of the molecule is C=CC1=C(C)C(=C)/C(=C\C(C)=C/C)C1(C)C.CC.CN. The lowest BCUT2D eigenvalue weighted by Crippen LogP contribution is -2.12. The van der Waals surface area contributed by atoms with Gasteiger partial charge < -0.3 is 5.73 Å². The predicted molar refractivity (Wildman–Crippen MR) is 94.8 cm³/mol. The molecule has 0 spiro atoms. The van der Waals surface area contributed by atoms with Gasteiger partial charge in [0, 0.05) is 5.41 Å². The third kappa shape index (κ3) is 4.35. The van der Waals surface area contributed by atoms with Crippen LogP contribution >= 0.6 is 0 Å². The van der Waals surface area contributed by atoms with E-state index in [1.54, 1.807) is 0 Å². The van der Waals surface area contributed by atoms with Crippen LogP contribution in [0.25, 0.3) is 0 Å². The van der Waals surface area contributed by atoms with Crippen molar-refractivity contribution in [1.82, 2.24) is 0 Å². The van der Waals surface area contributed by atoms with Crippen molar-refractivity contribution in [3.8, 4) is 0 Å². The summed E-state index contributed by atoms with van der Waals surface area (Å²) in [6.45, 7) is 22.9. The molecule has 2 N–H and O–H groups in total. The summed E-state index contributed by atoms with van der Waals surface area (Å²) >= 11 is 0. The second-order valence-corrected chi connectivity index (χ2v) is 4.94. The fourth-order valence-corrected chi connectivity index (χ4v) is 2.34. The third-order valence-electron chi connectivity index (χ3n) is 3.56. The van der Waals surface area contributed by atoms with Gasteiger partial charge in [0.2, 0.25) is 0 Å². The Morgan fingerprint density at radius 1 is 1.20 bits per heavy atom. The topological polar surface area (TPSA) is 26.0 Å². The minimum atomic E-state index is 0.0349. The lowest BCUT2D eigenvalue weighted by molar-refractivity contribution is 0.578. The van der Waals surface area contributed by atoms with E-state index in [0.29, 0.717) is 0 Å². The molecule has 0 saturated heterocycles. The summed E-state index contributed by atoms with van der Waals surface area (Å²) in [7, 11) is 1.50. The van der Waals surface area contributed by atoms with E-state index in [2.05, 4.69) is 65.7 Å². The Balaban J connectivity index is 0. The molecular formula is C19H33N. The molecule has 0 bridgehead atoms. The summed E-state index contributed by atoms with van der Waals surface area (Å²) in [4.78, 5) is 0. The van der Waals surface area contributed by atoms with Crippen LogP contribution in [-0.4, -0.2) is 7.05 Å². The van der Waals surface area contributed by atoms with Crippen molar-refractivity contribution in [2.24, 2.45) is 11.1 Å². The van der Waals surface area contributed by atoms with E-state index in [9.17, 15) is 0 Å². The van der Waals surface area contributed by atoms with Gasteiger partial charge in [-0.05, 0) is 50.1 Å². The first-order chi connectivity index (χ1) is 9.36. The maximum atomic E-state index is 4.50. The number of hydrogen-bond donors (Lipinski definition) is 1. The van der Waals surface area contributed by atoms with Crippen molar-refractivity contribution in [3.05, 3.63) is 59.3 Å². The maximum absolute atomic E-state index is 4.50. The molecule has 1 rings (SSSR count). The monoisotopic (exact) mass is 275 g/mol. The second-order valence-electron chi connectivity index (χ2n) is 4.94. The quantitative estimate of drug-likeness (QED) is 0.699. The Morgan fingerprint density at radius 2 is 1.65 bits per heavy atom. The normalized spacial score (nSPS) is 19.1. The van der Waals surface area contributed by atoms with Crippen LogP contribution in [0.5, 0.6) is 0 Å². The van der Waals surface area contributed by atoms with E-state index < -0.39 is 0 Å². The van der Waals surface area contributed by atoms with Gasteiger partial charge in [0.15, 0.2) is 0 Å². The molecule has 0 aliphatic heterocycles. The van der Waals surface area contributed by atoms with Gasteiger partial charge in [-0.25, -0.2) is 0 Å². The fourth-order valence-electron chi connectivity index (χ4n) is 2.34. The molecule has 20 heavy (non-hydrogen) atoms. The van der Waals surface area contributed by atoms with E-state index >= 15 is 0 Å². The van der Waals surface area contributed by atoms with E-state index in [1.807, 2.05) is 19.9 Å². The van der Waals surface area contributed by atoms with Crippen LogP contribution in [0, 0.1) is 5.41 Å². The zero-order valence-corrected chi connectivity index (χ0v) is 14.7. The van der Waals surface area contributed by atoms with Crippen molar-refractivity contribution < 1.29 is 0 Å². The maximum Gasteiger partial charge on any atom is 0.0155 e. The summed E-state index contributed by atoms with van der Waals surface area (Å²) in [5.41, 5.74) is 10.9. The Morgan fingerprint density at radius 3 is 1.95 bits per heavy atom. The van der Waals surface area contributed by atoms with Gasteiger partial charge >= 0.3 is 0 Å². The molecule has 0 fully saturated rings. The smallest absolute Gasteiger partial charge is 0.0155 e. The van der Waals surface area contributed by atoms with Gasteiger partial charge in [0.1, 0.15) is 0 Å². The first-order valence-electron chi connectivity index (χ1n) is 7.32. The Hall–Kier alpha value is -1.34. The molecule has 0 radical (unpaired) electrons. The Kier molecular flexibility index (Phi) is 10.0. The third-order valence-corrected chi connectivity index (χ3v) is 3.56. The van der Waals surface area contributed by atoms with Crippen molar-refractivity contribution in [1.29, 1.82) is 0 Å². The lowest BCUT2D eigenvalue weighted by Gasteiger charge is -2.23. The van der Waals surface area contributed by atoms with Crippen molar-refractivity contribution in [2.45, 2.75) is 48.5 Å². The van der Waals surface area contributed by atoms with E-state index in [4.69, 9.17) is 0 Å². The van der Waals surface area contributed by atoms with Crippen LogP contribution in [0.1, 0.15) is 48.5 Å². The highest BCUT2D eigenvalue weighted by atomic mass is 14.4. The molecule has 1 heteroatoms. The minimum absolute atomic E-state index is 0.0349. The molecule has 1 nitrogen and oxygen atoms in total. The summed E-state index contributed by atoms with van der Waals surface area (Å²) in [5.74, 6) is 0. The molecule has 0 unspecified atom stereocenters. The lowest BCUT2D eigenvalue weighted by atomic mass is 9.80. The average Bonchev–Trinajstić information content (AvgIpc) is 2.62. The van der Waals surface area contributed by atoms with Gasteiger partial charge in [0.05, 0.1) is 0 Å². The first kappa shape index (κ1) is 21.0. The molecule has 0 aromatic rings. The molecule has 0 heterocycles. The summed E-state index contributed by atoms with van der Waals surface area (Å²) in [6.07, 6.45) is 6.33. The summed E-state index contributed by atoms with van der Waals surface area (Å²) < 4.78 is 0. The average molecular weight is 275 g/mol. The van der Waals surface area contributed by atoms with Crippen molar-refractivity contribution in [2.75, 3.05) is 7.05 Å². The van der Waals surface area contributed by atoms with Crippen LogP contribution in [0.15, 0.2) is 59.3 Å². The van der Waals surface area contributed by atoms with Crippen molar-refractivity contribution in [3.63, 3.8) is 0 Å². The molecular weight excluding hydrogens is 242 g/mol. The molecule has 1 aliphatic carbocycles. The van der Waals surface area contributed by atoms with Gasteiger partial charge in [0.25, 0.3) is 0 Å². The van der Waals surface area contributed by atoms with Gasteiger partial charge in [-0.15, -0.1) is 0 Å². The molecule has 0 aromatic heterocycles. The highest BCUT2D eigenvalue weighted by molar-refractivity contribution is 5.63. The first-order valence-corrected chi connectivity index (χ1v) is 7.32. The van der Waals surface area contributed by atoms with Gasteiger partial charge in [-0.3, -0.25) is 0 Å². The molecule has 0 aromatic carbocycles. The highest BCUT2D eigenvalue weighted by Gasteiger charge is 2.36. The molecule has 1 aliphatic rings. The molecule has 0 atom stereocenters. The number of rotatable bonds is 2. The van der Waals surface area contributed by atoms with Crippen LogP contribution in [-0.2, 0) is 0 Å².